The van der Waals surface area contributed by atoms with Crippen LogP contribution >= 0.6 is 0 Å². The molecule has 1 aliphatic rings. The number of hydrogen-bond acceptors (Lipinski definition) is 6. The molecule has 2 aromatic carbocycles. The highest BCUT2D eigenvalue weighted by molar-refractivity contribution is 7.92. The predicted molar refractivity (Wildman–Crippen MR) is 131 cm³/mol. The van der Waals surface area contributed by atoms with Crippen LogP contribution in [0.4, 0.5) is 5.69 Å². The average molecular weight is 475 g/mol. The zero-order valence-corrected chi connectivity index (χ0v) is 20.7. The molecule has 1 atom stereocenters. The highest BCUT2D eigenvalue weighted by Gasteiger charge is 2.28. The van der Waals surface area contributed by atoms with Crippen LogP contribution in [-0.4, -0.2) is 59.7 Å². The third kappa shape index (κ3) is 6.95. The van der Waals surface area contributed by atoms with Crippen LogP contribution in [-0.2, 0) is 22.9 Å². The Balaban J connectivity index is 1.45. The molecule has 7 nitrogen and oxygen atoms in total. The maximum Gasteiger partial charge on any atom is 0.229 e. The fourth-order valence-electron chi connectivity index (χ4n) is 4.31. The van der Waals surface area contributed by atoms with Crippen molar-refractivity contribution in [3.05, 3.63) is 53.1 Å². The van der Waals surface area contributed by atoms with E-state index in [1.807, 2.05) is 24.3 Å². The van der Waals surface area contributed by atoms with Gasteiger partial charge in [0, 0.05) is 23.7 Å². The maximum absolute atomic E-state index is 13.0. The number of benzene rings is 2. The van der Waals surface area contributed by atoms with E-state index in [0.29, 0.717) is 17.2 Å². The van der Waals surface area contributed by atoms with Crippen LogP contribution in [0.5, 0.6) is 11.5 Å². The largest absolute Gasteiger partial charge is 0.493 e. The summed E-state index contributed by atoms with van der Waals surface area (Å²) in [6.45, 7) is 1.83. The summed E-state index contributed by atoms with van der Waals surface area (Å²) in [5.74, 6) is 1.54. The first kappa shape index (κ1) is 25.1. The minimum absolute atomic E-state index is 0.0545. The summed E-state index contributed by atoms with van der Waals surface area (Å²) in [4.78, 5) is 15.3. The summed E-state index contributed by atoms with van der Waals surface area (Å²) in [5.41, 5.74) is 3.54. The van der Waals surface area contributed by atoms with Crippen molar-refractivity contribution in [1.82, 2.24) is 4.90 Å². The number of likely N-dealkylation sites (N-methyl/N-ethyl adjacent to an activating group) is 1. The van der Waals surface area contributed by atoms with Crippen LogP contribution in [0.25, 0.3) is 0 Å². The van der Waals surface area contributed by atoms with Gasteiger partial charge in [0.15, 0.2) is 17.3 Å². The molecule has 0 aromatic heterocycles. The fraction of sp³-hybridized carbons (Fsp3) is 0.480. The number of carbonyl (C=O) groups is 1. The summed E-state index contributed by atoms with van der Waals surface area (Å²) in [6, 6.07) is 11.2. The molecule has 2 aromatic rings. The molecule has 0 amide bonds. The van der Waals surface area contributed by atoms with E-state index in [1.165, 1.54) is 0 Å². The van der Waals surface area contributed by atoms with Crippen molar-refractivity contribution >= 4 is 21.5 Å². The Labute approximate surface area is 197 Å². The zero-order valence-electron chi connectivity index (χ0n) is 19.9. The van der Waals surface area contributed by atoms with Crippen molar-refractivity contribution in [2.24, 2.45) is 5.92 Å². The van der Waals surface area contributed by atoms with E-state index in [-0.39, 0.29) is 11.7 Å². The van der Waals surface area contributed by atoms with Gasteiger partial charge in [0.2, 0.25) is 10.0 Å². The Morgan fingerprint density at radius 3 is 2.36 bits per heavy atom. The van der Waals surface area contributed by atoms with Gasteiger partial charge in [-0.15, -0.1) is 0 Å². The second-order valence-electron chi connectivity index (χ2n) is 8.73. The quantitative estimate of drug-likeness (QED) is 0.534. The Morgan fingerprint density at radius 2 is 1.73 bits per heavy atom. The lowest BCUT2D eigenvalue weighted by atomic mass is 9.80. The van der Waals surface area contributed by atoms with Gasteiger partial charge in [-0.2, -0.15) is 0 Å². The van der Waals surface area contributed by atoms with E-state index in [0.717, 1.165) is 68.1 Å². The molecular weight excluding hydrogens is 440 g/mol. The van der Waals surface area contributed by atoms with Crippen LogP contribution in [0.3, 0.4) is 0 Å². The average Bonchev–Trinajstić information content (AvgIpc) is 2.78. The first-order valence-corrected chi connectivity index (χ1v) is 13.1. The number of carbonyl (C=O) groups excluding carboxylic acids is 1. The van der Waals surface area contributed by atoms with Crippen molar-refractivity contribution in [3.8, 4) is 11.5 Å². The van der Waals surface area contributed by atoms with Crippen LogP contribution in [0.2, 0.25) is 0 Å². The second kappa shape index (κ2) is 11.0. The van der Waals surface area contributed by atoms with Gasteiger partial charge in [0.05, 0.1) is 20.5 Å². The van der Waals surface area contributed by atoms with Gasteiger partial charge in [-0.1, -0.05) is 12.1 Å². The molecule has 180 valence electrons. The number of aryl methyl sites for hydroxylation is 1. The van der Waals surface area contributed by atoms with Gasteiger partial charge >= 0.3 is 0 Å². The molecule has 33 heavy (non-hydrogen) atoms. The molecule has 0 fully saturated rings. The smallest absolute Gasteiger partial charge is 0.229 e. The number of nitrogens with zero attached hydrogens (tertiary/aromatic N) is 1. The minimum Gasteiger partial charge on any atom is -0.493 e. The molecule has 0 aliphatic heterocycles. The molecule has 1 unspecified atom stereocenters. The lowest BCUT2D eigenvalue weighted by molar-refractivity contribution is 0.0890. The number of rotatable bonds is 11. The highest BCUT2D eigenvalue weighted by Crippen LogP contribution is 2.36. The monoisotopic (exact) mass is 474 g/mol. The van der Waals surface area contributed by atoms with Crippen molar-refractivity contribution in [1.29, 1.82) is 0 Å². The number of ketones is 1. The van der Waals surface area contributed by atoms with Crippen LogP contribution in [0.1, 0.15) is 40.7 Å². The van der Waals surface area contributed by atoms with E-state index in [4.69, 9.17) is 9.47 Å². The molecular formula is C25H34N2O5S. The first-order chi connectivity index (χ1) is 15.7. The number of hydrogen-bond donors (Lipinski definition) is 1. The van der Waals surface area contributed by atoms with Gasteiger partial charge in [-0.25, -0.2) is 8.42 Å². The van der Waals surface area contributed by atoms with Gasteiger partial charge in [0.25, 0.3) is 0 Å². The topological polar surface area (TPSA) is 84.9 Å². The van der Waals surface area contributed by atoms with Crippen LogP contribution in [0.15, 0.2) is 36.4 Å². The molecule has 1 aliphatic carbocycles. The van der Waals surface area contributed by atoms with Crippen molar-refractivity contribution < 1.29 is 22.7 Å². The van der Waals surface area contributed by atoms with E-state index >= 15 is 0 Å². The first-order valence-electron chi connectivity index (χ1n) is 11.2. The summed E-state index contributed by atoms with van der Waals surface area (Å²) in [5, 5.41) is 0. The normalized spacial score (nSPS) is 15.9. The SMILES string of the molecule is COc1cc2c(cc1OC)C(=O)C(CCCN(C)CCc1ccc(NS(C)(=O)=O)cc1)CC2. The molecule has 0 radical (unpaired) electrons. The van der Waals surface area contributed by atoms with Gasteiger partial charge in [0.1, 0.15) is 0 Å². The standard InChI is InChI=1S/C25H34N2O5S/c1-27(15-13-18-7-11-21(12-8-18)26-33(4,29)30)14-5-6-19-9-10-20-16-23(31-2)24(32-3)17-22(20)25(19)28/h7-8,11-12,16-17,19,26H,5-6,9-10,13-15H2,1-4H3. The van der Waals surface area contributed by atoms with Crippen molar-refractivity contribution in [3.63, 3.8) is 0 Å². The highest BCUT2D eigenvalue weighted by atomic mass is 32.2. The Hall–Kier alpha value is -2.58. The molecule has 0 bridgehead atoms. The molecule has 3 rings (SSSR count). The van der Waals surface area contributed by atoms with Crippen LogP contribution < -0.4 is 14.2 Å². The van der Waals surface area contributed by atoms with Crippen molar-refractivity contribution in [2.45, 2.75) is 32.1 Å². The van der Waals surface area contributed by atoms with E-state index in [1.54, 1.807) is 26.4 Å². The van der Waals surface area contributed by atoms with Gasteiger partial charge in [-0.3, -0.25) is 9.52 Å². The van der Waals surface area contributed by atoms with Gasteiger partial charge < -0.3 is 14.4 Å². The molecule has 8 heteroatoms. The molecule has 1 N–H and O–H groups in total. The Kier molecular flexibility index (Phi) is 8.37. The molecule has 0 spiro atoms. The predicted octanol–water partition coefficient (Wildman–Crippen LogP) is 3.78. The van der Waals surface area contributed by atoms with E-state index < -0.39 is 10.0 Å². The number of sulfonamides is 1. The minimum atomic E-state index is -3.26. The van der Waals surface area contributed by atoms with Crippen molar-refractivity contribution in [2.75, 3.05) is 45.3 Å². The molecule has 0 heterocycles. The number of Topliss-reactive ketones (excluding diaryl/α,β-unsaturated/α-hetero) is 1. The summed E-state index contributed by atoms with van der Waals surface area (Å²) in [6.07, 6.45) is 5.62. The number of methoxy groups -OCH3 is 2. The molecule has 0 saturated heterocycles. The van der Waals surface area contributed by atoms with E-state index in [9.17, 15) is 13.2 Å². The van der Waals surface area contributed by atoms with Crippen LogP contribution in [0, 0.1) is 5.92 Å². The number of nitrogens with one attached hydrogen (secondary N) is 1. The fourth-order valence-corrected chi connectivity index (χ4v) is 4.87. The van der Waals surface area contributed by atoms with Gasteiger partial charge in [-0.05, 0) is 81.1 Å². The lowest BCUT2D eigenvalue weighted by Gasteiger charge is -2.25. The maximum atomic E-state index is 13.0. The van der Waals surface area contributed by atoms with E-state index in [2.05, 4.69) is 16.7 Å². The lowest BCUT2D eigenvalue weighted by Crippen LogP contribution is -2.26. The summed E-state index contributed by atoms with van der Waals surface area (Å²) >= 11 is 0. The summed E-state index contributed by atoms with van der Waals surface area (Å²) in [7, 11) is 2.03. The second-order valence-corrected chi connectivity index (χ2v) is 10.5. The number of ether oxygens (including phenoxy) is 2. The summed E-state index contributed by atoms with van der Waals surface area (Å²) < 4.78 is 35.8. The molecule has 0 saturated carbocycles. The zero-order chi connectivity index (χ0) is 24.0. The third-order valence-electron chi connectivity index (χ3n) is 6.14. The number of fused-ring (bicyclic) bond motifs is 1. The Bertz CT molecular complexity index is 1070. The third-order valence-corrected chi connectivity index (χ3v) is 6.75. The Morgan fingerprint density at radius 1 is 1.06 bits per heavy atom. The number of anilines is 1.